The van der Waals surface area contributed by atoms with E-state index in [0.717, 1.165) is 25.9 Å². The van der Waals surface area contributed by atoms with E-state index in [1.807, 2.05) is 6.92 Å². The summed E-state index contributed by atoms with van der Waals surface area (Å²) < 4.78 is 10.2. The first kappa shape index (κ1) is 9.52. The lowest BCUT2D eigenvalue weighted by molar-refractivity contribution is -0.155. The Labute approximate surface area is 73.0 Å². The lowest BCUT2D eigenvalue weighted by Gasteiger charge is -2.28. The standard InChI is InChI=1S/C9H16O3/c1-3-8-7(9(10)11-2)5-4-6-12-8/h7-8H,3-6H2,1-2H3. The van der Waals surface area contributed by atoms with Gasteiger partial charge in [0.05, 0.1) is 19.1 Å². The fourth-order valence-corrected chi connectivity index (χ4v) is 1.66. The highest BCUT2D eigenvalue weighted by Crippen LogP contribution is 2.23. The van der Waals surface area contributed by atoms with Crippen LogP contribution in [0.4, 0.5) is 0 Å². The van der Waals surface area contributed by atoms with E-state index < -0.39 is 0 Å². The Morgan fingerprint density at radius 3 is 3.00 bits per heavy atom. The fraction of sp³-hybridized carbons (Fsp3) is 0.889. The van der Waals surface area contributed by atoms with Gasteiger partial charge in [-0.1, -0.05) is 6.92 Å². The van der Waals surface area contributed by atoms with Crippen LogP contribution in [0.3, 0.4) is 0 Å². The molecule has 1 heterocycles. The normalized spacial score (nSPS) is 29.8. The van der Waals surface area contributed by atoms with Gasteiger partial charge in [-0.25, -0.2) is 0 Å². The first-order valence-electron chi connectivity index (χ1n) is 4.49. The van der Waals surface area contributed by atoms with Crippen molar-refractivity contribution in [3.63, 3.8) is 0 Å². The maximum Gasteiger partial charge on any atom is 0.311 e. The van der Waals surface area contributed by atoms with Crippen LogP contribution in [-0.4, -0.2) is 25.8 Å². The van der Waals surface area contributed by atoms with Crippen LogP contribution in [0.5, 0.6) is 0 Å². The molecule has 2 unspecified atom stereocenters. The lowest BCUT2D eigenvalue weighted by Crippen LogP contribution is -2.35. The third kappa shape index (κ3) is 1.97. The van der Waals surface area contributed by atoms with E-state index in [1.54, 1.807) is 0 Å². The fourth-order valence-electron chi connectivity index (χ4n) is 1.66. The van der Waals surface area contributed by atoms with Gasteiger partial charge in [0.25, 0.3) is 0 Å². The van der Waals surface area contributed by atoms with Crippen molar-refractivity contribution in [2.24, 2.45) is 5.92 Å². The first-order chi connectivity index (χ1) is 5.79. The number of ether oxygens (including phenoxy) is 2. The number of rotatable bonds is 2. The average Bonchev–Trinajstić information content (AvgIpc) is 2.16. The number of methoxy groups -OCH3 is 1. The maximum atomic E-state index is 11.2. The summed E-state index contributed by atoms with van der Waals surface area (Å²) >= 11 is 0. The van der Waals surface area contributed by atoms with Gasteiger partial charge in [0.2, 0.25) is 0 Å². The van der Waals surface area contributed by atoms with Crippen LogP contribution in [-0.2, 0) is 14.3 Å². The van der Waals surface area contributed by atoms with Crippen molar-refractivity contribution in [1.29, 1.82) is 0 Å². The van der Waals surface area contributed by atoms with Crippen LogP contribution in [0.1, 0.15) is 26.2 Å². The molecule has 1 saturated heterocycles. The first-order valence-corrected chi connectivity index (χ1v) is 4.49. The number of carbonyl (C=O) groups excluding carboxylic acids is 1. The van der Waals surface area contributed by atoms with E-state index in [1.165, 1.54) is 7.11 Å². The third-order valence-electron chi connectivity index (χ3n) is 2.35. The topological polar surface area (TPSA) is 35.5 Å². The Morgan fingerprint density at radius 1 is 1.67 bits per heavy atom. The number of esters is 1. The molecule has 0 aromatic rings. The molecule has 0 spiro atoms. The smallest absolute Gasteiger partial charge is 0.311 e. The van der Waals surface area contributed by atoms with Gasteiger partial charge in [0.1, 0.15) is 0 Å². The van der Waals surface area contributed by atoms with Gasteiger partial charge < -0.3 is 9.47 Å². The van der Waals surface area contributed by atoms with Gasteiger partial charge >= 0.3 is 5.97 Å². The zero-order valence-electron chi connectivity index (χ0n) is 7.71. The Morgan fingerprint density at radius 2 is 2.42 bits per heavy atom. The highest BCUT2D eigenvalue weighted by atomic mass is 16.5. The largest absolute Gasteiger partial charge is 0.469 e. The molecule has 3 heteroatoms. The molecule has 2 atom stereocenters. The second kappa shape index (κ2) is 4.45. The Kier molecular flexibility index (Phi) is 3.53. The second-order valence-corrected chi connectivity index (χ2v) is 3.09. The highest BCUT2D eigenvalue weighted by molar-refractivity contribution is 5.73. The summed E-state index contributed by atoms with van der Waals surface area (Å²) in [6.45, 7) is 2.82. The van der Waals surface area contributed by atoms with Crippen LogP contribution in [0.2, 0.25) is 0 Å². The van der Waals surface area contributed by atoms with Crippen LogP contribution >= 0.6 is 0 Å². The van der Waals surface area contributed by atoms with Crippen LogP contribution in [0.15, 0.2) is 0 Å². The van der Waals surface area contributed by atoms with Crippen molar-refractivity contribution in [3.05, 3.63) is 0 Å². The van der Waals surface area contributed by atoms with E-state index in [4.69, 9.17) is 9.47 Å². The molecule has 0 aromatic heterocycles. The monoisotopic (exact) mass is 172 g/mol. The quantitative estimate of drug-likeness (QED) is 0.590. The number of carbonyl (C=O) groups is 1. The van der Waals surface area contributed by atoms with Crippen molar-refractivity contribution in [1.82, 2.24) is 0 Å². The van der Waals surface area contributed by atoms with E-state index in [-0.39, 0.29) is 18.0 Å². The predicted octanol–water partition coefficient (Wildman–Crippen LogP) is 1.36. The Bertz CT molecular complexity index is 156. The molecule has 70 valence electrons. The lowest BCUT2D eigenvalue weighted by atomic mass is 9.93. The molecule has 0 amide bonds. The summed E-state index contributed by atoms with van der Waals surface area (Å²) in [5, 5.41) is 0. The number of hydrogen-bond acceptors (Lipinski definition) is 3. The van der Waals surface area contributed by atoms with Crippen LogP contribution in [0.25, 0.3) is 0 Å². The summed E-state index contributed by atoms with van der Waals surface area (Å²) in [5.41, 5.74) is 0. The van der Waals surface area contributed by atoms with E-state index in [9.17, 15) is 4.79 Å². The van der Waals surface area contributed by atoms with Gasteiger partial charge in [0, 0.05) is 6.61 Å². The zero-order chi connectivity index (χ0) is 8.97. The van der Waals surface area contributed by atoms with E-state index >= 15 is 0 Å². The molecule has 1 rings (SSSR count). The molecule has 3 nitrogen and oxygen atoms in total. The zero-order valence-corrected chi connectivity index (χ0v) is 7.71. The number of hydrogen-bond donors (Lipinski definition) is 0. The molecule has 1 fully saturated rings. The minimum atomic E-state index is -0.124. The predicted molar refractivity (Wildman–Crippen MR) is 44.8 cm³/mol. The molecule has 0 N–H and O–H groups in total. The maximum absolute atomic E-state index is 11.2. The molecule has 0 aliphatic carbocycles. The minimum Gasteiger partial charge on any atom is -0.469 e. The SMILES string of the molecule is CCC1OCCCC1C(=O)OC. The van der Waals surface area contributed by atoms with Crippen LogP contribution in [0, 0.1) is 5.92 Å². The molecule has 0 aromatic carbocycles. The molecule has 1 aliphatic rings. The van der Waals surface area contributed by atoms with E-state index in [2.05, 4.69) is 0 Å². The molecule has 0 saturated carbocycles. The third-order valence-corrected chi connectivity index (χ3v) is 2.35. The summed E-state index contributed by atoms with van der Waals surface area (Å²) in [4.78, 5) is 11.2. The van der Waals surface area contributed by atoms with Crippen molar-refractivity contribution in [3.8, 4) is 0 Å². The summed E-state index contributed by atoms with van der Waals surface area (Å²) in [6, 6.07) is 0. The van der Waals surface area contributed by atoms with Gasteiger partial charge in [-0.15, -0.1) is 0 Å². The summed E-state index contributed by atoms with van der Waals surface area (Å²) in [5.74, 6) is -0.157. The molecule has 0 radical (unpaired) electrons. The average molecular weight is 172 g/mol. The molecular formula is C9H16O3. The van der Waals surface area contributed by atoms with Gasteiger partial charge in [-0.05, 0) is 19.3 Å². The van der Waals surface area contributed by atoms with Gasteiger partial charge in [0.15, 0.2) is 0 Å². The van der Waals surface area contributed by atoms with Gasteiger partial charge in [-0.2, -0.15) is 0 Å². The van der Waals surface area contributed by atoms with Crippen molar-refractivity contribution < 1.29 is 14.3 Å². The van der Waals surface area contributed by atoms with Crippen molar-refractivity contribution in [2.45, 2.75) is 32.3 Å². The minimum absolute atomic E-state index is 0.0336. The second-order valence-electron chi connectivity index (χ2n) is 3.09. The highest BCUT2D eigenvalue weighted by Gasteiger charge is 2.31. The summed E-state index contributed by atoms with van der Waals surface area (Å²) in [7, 11) is 1.43. The Balaban J connectivity index is 2.52. The molecular weight excluding hydrogens is 156 g/mol. The Hall–Kier alpha value is -0.570. The van der Waals surface area contributed by atoms with Gasteiger partial charge in [-0.3, -0.25) is 4.79 Å². The van der Waals surface area contributed by atoms with Crippen molar-refractivity contribution >= 4 is 5.97 Å². The van der Waals surface area contributed by atoms with Crippen molar-refractivity contribution in [2.75, 3.05) is 13.7 Å². The molecule has 0 bridgehead atoms. The molecule has 1 aliphatic heterocycles. The van der Waals surface area contributed by atoms with Crippen LogP contribution < -0.4 is 0 Å². The molecule has 12 heavy (non-hydrogen) atoms. The van der Waals surface area contributed by atoms with E-state index in [0.29, 0.717) is 0 Å². The summed E-state index contributed by atoms with van der Waals surface area (Å²) in [6.07, 6.45) is 2.84.